The van der Waals surface area contributed by atoms with Gasteiger partial charge in [-0.1, -0.05) is 43.1 Å². The van der Waals surface area contributed by atoms with Crippen molar-refractivity contribution >= 4 is 57.6 Å². The standard InChI is InChI=1S/C37H42Cl2N6O3S/c1-27(2)22-44-19-20-45(36(44)49)31-6-4-29(5-7-31)42-15-17-43(18-16-42)30-8-10-32(11-9-30)46-23-33-24-47-37(48-33,25-41-14-13-40-26-41)34-12-3-28(38)21-35(34)39/h3-14,21,26-27,33H,15-20,22-25H2,1-2H3. The van der Waals surface area contributed by atoms with Crippen LogP contribution in [0.2, 0.25) is 10.0 Å². The zero-order chi connectivity index (χ0) is 34.0. The largest absolute Gasteiger partial charge is 0.491 e. The van der Waals surface area contributed by atoms with E-state index < -0.39 is 5.79 Å². The Hall–Kier alpha value is -3.54. The second-order valence-electron chi connectivity index (χ2n) is 13.2. The minimum atomic E-state index is -1.08. The van der Waals surface area contributed by atoms with Crippen LogP contribution in [0.25, 0.3) is 0 Å². The molecule has 1 aromatic heterocycles. The highest BCUT2D eigenvalue weighted by molar-refractivity contribution is 7.80. The average molecular weight is 722 g/mol. The minimum absolute atomic E-state index is 0.288. The molecule has 4 aromatic rings. The van der Waals surface area contributed by atoms with Crippen LogP contribution in [-0.4, -0.2) is 84.7 Å². The summed E-state index contributed by atoms with van der Waals surface area (Å²) in [4.78, 5) is 13.6. The second kappa shape index (κ2) is 14.7. The van der Waals surface area contributed by atoms with Gasteiger partial charge in [-0.05, 0) is 78.8 Å². The number of halogens is 2. The Morgan fingerprint density at radius 2 is 1.57 bits per heavy atom. The van der Waals surface area contributed by atoms with E-state index in [2.05, 4.69) is 74.8 Å². The Balaban J connectivity index is 0.907. The fourth-order valence-electron chi connectivity index (χ4n) is 6.82. The van der Waals surface area contributed by atoms with Crippen LogP contribution in [0.5, 0.6) is 5.75 Å². The van der Waals surface area contributed by atoms with Crippen molar-refractivity contribution in [3.05, 3.63) is 101 Å². The summed E-state index contributed by atoms with van der Waals surface area (Å²) in [5.41, 5.74) is 4.33. The van der Waals surface area contributed by atoms with E-state index in [0.29, 0.717) is 35.7 Å². The third-order valence-corrected chi connectivity index (χ3v) is 10.3. The van der Waals surface area contributed by atoms with Gasteiger partial charge in [0.15, 0.2) is 5.11 Å². The molecule has 2 unspecified atom stereocenters. The van der Waals surface area contributed by atoms with Crippen LogP contribution in [0.15, 0.2) is 85.5 Å². The predicted octanol–water partition coefficient (Wildman–Crippen LogP) is 6.93. The monoisotopic (exact) mass is 720 g/mol. The van der Waals surface area contributed by atoms with Crippen LogP contribution in [0.1, 0.15) is 19.4 Å². The molecule has 3 aliphatic heterocycles. The van der Waals surface area contributed by atoms with E-state index in [1.165, 1.54) is 17.1 Å². The summed E-state index contributed by atoms with van der Waals surface area (Å²) < 4.78 is 20.9. The highest BCUT2D eigenvalue weighted by atomic mass is 35.5. The normalized spacial score (nSPS) is 21.3. The summed E-state index contributed by atoms with van der Waals surface area (Å²) >= 11 is 18.6. The predicted molar refractivity (Wildman–Crippen MR) is 200 cm³/mol. The Morgan fingerprint density at radius 3 is 2.20 bits per heavy atom. The van der Waals surface area contributed by atoms with Gasteiger partial charge in [0.1, 0.15) is 18.5 Å². The van der Waals surface area contributed by atoms with Gasteiger partial charge in [0.2, 0.25) is 5.79 Å². The number of piperazine rings is 1. The van der Waals surface area contributed by atoms with Gasteiger partial charge in [-0.15, -0.1) is 0 Å². The van der Waals surface area contributed by atoms with E-state index in [1.54, 1.807) is 24.7 Å². The topological polar surface area (TPSA) is 58.5 Å². The first-order valence-corrected chi connectivity index (χ1v) is 18.0. The molecule has 0 saturated carbocycles. The third kappa shape index (κ3) is 7.64. The van der Waals surface area contributed by atoms with Gasteiger partial charge in [-0.2, -0.15) is 0 Å². The van der Waals surface area contributed by atoms with Gasteiger partial charge in [0.05, 0.1) is 24.5 Å². The molecule has 3 aromatic carbocycles. The molecule has 12 heteroatoms. The van der Waals surface area contributed by atoms with Gasteiger partial charge >= 0.3 is 0 Å². The van der Waals surface area contributed by atoms with Gasteiger partial charge < -0.3 is 38.4 Å². The molecule has 7 rings (SSSR count). The van der Waals surface area contributed by atoms with E-state index in [9.17, 15) is 0 Å². The molecular formula is C37H42Cl2N6O3S. The van der Waals surface area contributed by atoms with Crippen molar-refractivity contribution in [3.63, 3.8) is 0 Å². The number of hydrogen-bond acceptors (Lipinski definition) is 7. The summed E-state index contributed by atoms with van der Waals surface area (Å²) in [5.74, 6) is 0.301. The number of thiocarbonyl (C=S) groups is 1. The second-order valence-corrected chi connectivity index (χ2v) is 14.4. The summed E-state index contributed by atoms with van der Waals surface area (Å²) in [6.07, 6.45) is 5.03. The summed E-state index contributed by atoms with van der Waals surface area (Å²) in [7, 11) is 0. The molecule has 9 nitrogen and oxygen atoms in total. The lowest BCUT2D eigenvalue weighted by molar-refractivity contribution is -0.189. The Kier molecular flexibility index (Phi) is 10.2. The summed E-state index contributed by atoms with van der Waals surface area (Å²) in [6.45, 7) is 12.3. The first-order valence-electron chi connectivity index (χ1n) is 16.9. The van der Waals surface area contributed by atoms with Crippen molar-refractivity contribution in [2.45, 2.75) is 32.3 Å². The number of anilines is 3. The molecular weight excluding hydrogens is 679 g/mol. The van der Waals surface area contributed by atoms with Gasteiger partial charge in [-0.25, -0.2) is 4.98 Å². The van der Waals surface area contributed by atoms with E-state index in [0.717, 1.165) is 62.2 Å². The summed E-state index contributed by atoms with van der Waals surface area (Å²) in [6, 6.07) is 22.5. The number of aromatic nitrogens is 2. The minimum Gasteiger partial charge on any atom is -0.491 e. The fourth-order valence-corrected chi connectivity index (χ4v) is 7.73. The first kappa shape index (κ1) is 33.9. The average Bonchev–Trinajstić information content (AvgIpc) is 3.86. The zero-order valence-electron chi connectivity index (χ0n) is 27.9. The lowest BCUT2D eigenvalue weighted by atomic mass is 10.1. The molecule has 0 amide bonds. The van der Waals surface area contributed by atoms with Crippen LogP contribution in [-0.2, 0) is 21.8 Å². The number of imidazole rings is 1. The number of rotatable bonds is 11. The van der Waals surface area contributed by atoms with Crippen LogP contribution < -0.4 is 19.4 Å². The zero-order valence-corrected chi connectivity index (χ0v) is 30.2. The van der Waals surface area contributed by atoms with Crippen molar-refractivity contribution in [1.82, 2.24) is 14.5 Å². The molecule has 2 atom stereocenters. The molecule has 258 valence electrons. The van der Waals surface area contributed by atoms with Gasteiger partial charge in [0, 0.05) is 85.9 Å². The maximum Gasteiger partial charge on any atom is 0.215 e. The quantitative estimate of drug-likeness (QED) is 0.154. The van der Waals surface area contributed by atoms with E-state index in [1.807, 2.05) is 29.0 Å². The number of hydrogen-bond donors (Lipinski definition) is 0. The molecule has 0 spiro atoms. The maximum atomic E-state index is 6.61. The van der Waals surface area contributed by atoms with Crippen LogP contribution >= 0.6 is 35.4 Å². The molecule has 0 bridgehead atoms. The summed E-state index contributed by atoms with van der Waals surface area (Å²) in [5, 5.41) is 1.98. The smallest absolute Gasteiger partial charge is 0.215 e. The Morgan fingerprint density at radius 1 is 0.898 bits per heavy atom. The Bertz CT molecular complexity index is 1720. The maximum absolute atomic E-state index is 6.61. The molecule has 3 saturated heterocycles. The van der Waals surface area contributed by atoms with E-state index in [-0.39, 0.29) is 6.10 Å². The number of benzene rings is 3. The fraction of sp³-hybridized carbons (Fsp3) is 0.405. The van der Waals surface area contributed by atoms with Crippen molar-refractivity contribution in [2.24, 2.45) is 5.92 Å². The number of ether oxygens (including phenoxy) is 3. The van der Waals surface area contributed by atoms with Crippen molar-refractivity contribution < 1.29 is 14.2 Å². The van der Waals surface area contributed by atoms with E-state index >= 15 is 0 Å². The lowest BCUT2D eigenvalue weighted by Gasteiger charge is -2.37. The molecule has 3 fully saturated rings. The number of nitrogens with zero attached hydrogens (tertiary/aromatic N) is 6. The molecule has 0 aliphatic carbocycles. The van der Waals surface area contributed by atoms with E-state index in [4.69, 9.17) is 49.6 Å². The highest BCUT2D eigenvalue weighted by Gasteiger charge is 2.45. The first-order chi connectivity index (χ1) is 23.8. The highest BCUT2D eigenvalue weighted by Crippen LogP contribution is 2.40. The molecule has 3 aliphatic rings. The van der Waals surface area contributed by atoms with Crippen molar-refractivity contribution in [2.75, 3.05) is 73.7 Å². The molecule has 0 radical (unpaired) electrons. The molecule has 49 heavy (non-hydrogen) atoms. The molecule has 0 N–H and O–H groups in total. The Labute approximate surface area is 303 Å². The SMILES string of the molecule is CC(C)CN1CCN(c2ccc(N3CCN(c4ccc(OCC5COC(Cn6ccnc6)(c6ccc(Cl)cc6Cl)O5)cc4)CC3)cc2)C1=S. The van der Waals surface area contributed by atoms with Crippen molar-refractivity contribution in [1.29, 1.82) is 0 Å². The van der Waals surface area contributed by atoms with Crippen molar-refractivity contribution in [3.8, 4) is 5.75 Å². The van der Waals surface area contributed by atoms with Crippen LogP contribution in [0, 0.1) is 5.92 Å². The molecule has 4 heterocycles. The van der Waals surface area contributed by atoms with Crippen LogP contribution in [0.3, 0.4) is 0 Å². The van der Waals surface area contributed by atoms with Gasteiger partial charge in [0.25, 0.3) is 0 Å². The third-order valence-electron chi connectivity index (χ3n) is 9.28. The lowest BCUT2D eigenvalue weighted by Crippen LogP contribution is -2.46. The van der Waals surface area contributed by atoms with Gasteiger partial charge in [-0.3, -0.25) is 0 Å². The van der Waals surface area contributed by atoms with Crippen LogP contribution in [0.4, 0.5) is 17.1 Å².